The van der Waals surface area contributed by atoms with Gasteiger partial charge >= 0.3 is 5.97 Å². The Hall–Kier alpha value is -2.83. The monoisotopic (exact) mass is 360 g/mol. The quantitative estimate of drug-likeness (QED) is 0.590. The number of nitrogens with zero attached hydrogens (tertiary/aromatic N) is 1. The van der Waals surface area contributed by atoms with Crippen LogP contribution in [-0.4, -0.2) is 44.1 Å². The summed E-state index contributed by atoms with van der Waals surface area (Å²) in [6.45, 7) is 7.40. The molecule has 2 rings (SSSR count). The predicted molar refractivity (Wildman–Crippen MR) is 97.0 cm³/mol. The molecule has 1 aliphatic rings. The van der Waals surface area contributed by atoms with Gasteiger partial charge in [0, 0.05) is 19.5 Å². The number of hydrogen-bond donors (Lipinski definition) is 1. The predicted octanol–water partition coefficient (Wildman–Crippen LogP) is 1.59. The molecule has 1 fully saturated rings. The van der Waals surface area contributed by atoms with Crippen LogP contribution in [0.3, 0.4) is 0 Å². The standard InChI is InChI=1S/C19H24N2O5/c1-5-8-20-18(23)13(3)26-19(24)14-10-17(22)21(11-14)15-9-12(2)6-7-16(15)25-4/h5-7,9,13-14H,1,8,10-11H2,2-4H3,(H,20,23)/t13-,14+/m1/s1. The second-order valence-electron chi connectivity index (χ2n) is 6.19. The number of anilines is 1. The van der Waals surface area contributed by atoms with Gasteiger partial charge in [-0.25, -0.2) is 0 Å². The second kappa shape index (κ2) is 8.51. The Labute approximate surface area is 153 Å². The van der Waals surface area contributed by atoms with Crippen molar-refractivity contribution < 1.29 is 23.9 Å². The maximum absolute atomic E-state index is 12.4. The van der Waals surface area contributed by atoms with Crippen LogP contribution in [0.5, 0.6) is 5.75 Å². The Kier molecular flexibility index (Phi) is 6.38. The number of methoxy groups -OCH3 is 1. The second-order valence-corrected chi connectivity index (χ2v) is 6.19. The van der Waals surface area contributed by atoms with Crippen LogP contribution in [-0.2, 0) is 19.1 Å². The molecule has 0 radical (unpaired) electrons. The molecule has 1 aromatic carbocycles. The third-order valence-corrected chi connectivity index (χ3v) is 4.17. The largest absolute Gasteiger partial charge is 0.495 e. The summed E-state index contributed by atoms with van der Waals surface area (Å²) in [6.07, 6.45) is 0.645. The average Bonchev–Trinajstić information content (AvgIpc) is 3.01. The number of carbonyl (C=O) groups excluding carboxylic acids is 3. The van der Waals surface area contributed by atoms with E-state index in [0.29, 0.717) is 18.0 Å². The summed E-state index contributed by atoms with van der Waals surface area (Å²) < 4.78 is 10.5. The number of esters is 1. The van der Waals surface area contributed by atoms with E-state index in [1.54, 1.807) is 6.07 Å². The lowest BCUT2D eigenvalue weighted by Crippen LogP contribution is -2.37. The van der Waals surface area contributed by atoms with Crippen LogP contribution in [0.2, 0.25) is 0 Å². The fourth-order valence-electron chi connectivity index (χ4n) is 2.75. The minimum atomic E-state index is -0.930. The number of benzene rings is 1. The van der Waals surface area contributed by atoms with Crippen LogP contribution >= 0.6 is 0 Å². The normalized spacial score (nSPS) is 17.6. The summed E-state index contributed by atoms with van der Waals surface area (Å²) in [6, 6.07) is 5.52. The summed E-state index contributed by atoms with van der Waals surface area (Å²) in [7, 11) is 1.53. The molecule has 7 heteroatoms. The molecule has 0 unspecified atom stereocenters. The van der Waals surface area contributed by atoms with Crippen molar-refractivity contribution in [2.24, 2.45) is 5.92 Å². The summed E-state index contributed by atoms with van der Waals surface area (Å²) in [5.74, 6) is -1.20. The Morgan fingerprint density at radius 1 is 1.46 bits per heavy atom. The molecule has 0 saturated carbocycles. The number of hydrogen-bond acceptors (Lipinski definition) is 5. The van der Waals surface area contributed by atoms with Gasteiger partial charge in [0.15, 0.2) is 6.10 Å². The molecule has 7 nitrogen and oxygen atoms in total. The van der Waals surface area contributed by atoms with Crippen molar-refractivity contribution in [1.82, 2.24) is 5.32 Å². The molecule has 1 heterocycles. The van der Waals surface area contributed by atoms with Crippen LogP contribution in [0, 0.1) is 12.8 Å². The Bertz CT molecular complexity index is 716. The van der Waals surface area contributed by atoms with Crippen LogP contribution < -0.4 is 15.0 Å². The molecular weight excluding hydrogens is 336 g/mol. The van der Waals surface area contributed by atoms with Gasteiger partial charge in [0.2, 0.25) is 5.91 Å². The van der Waals surface area contributed by atoms with Gasteiger partial charge in [0.1, 0.15) is 5.75 Å². The van der Waals surface area contributed by atoms with E-state index in [9.17, 15) is 14.4 Å². The third-order valence-electron chi connectivity index (χ3n) is 4.17. The van der Waals surface area contributed by atoms with E-state index >= 15 is 0 Å². The van der Waals surface area contributed by atoms with Crippen molar-refractivity contribution in [3.63, 3.8) is 0 Å². The molecule has 0 aliphatic carbocycles. The molecule has 0 aromatic heterocycles. The number of rotatable bonds is 7. The van der Waals surface area contributed by atoms with Gasteiger partial charge in [0.05, 0.1) is 18.7 Å². The molecule has 1 N–H and O–H groups in total. The van der Waals surface area contributed by atoms with Gasteiger partial charge < -0.3 is 19.7 Å². The number of carbonyl (C=O) groups is 3. The fraction of sp³-hybridized carbons (Fsp3) is 0.421. The third kappa shape index (κ3) is 4.41. The zero-order valence-corrected chi connectivity index (χ0v) is 15.3. The highest BCUT2D eigenvalue weighted by Gasteiger charge is 2.38. The van der Waals surface area contributed by atoms with Crippen molar-refractivity contribution in [2.75, 3.05) is 25.1 Å². The molecule has 2 atom stereocenters. The topological polar surface area (TPSA) is 84.9 Å². The van der Waals surface area contributed by atoms with Gasteiger partial charge in [-0.05, 0) is 31.5 Å². The zero-order valence-electron chi connectivity index (χ0n) is 15.3. The molecule has 2 amide bonds. The van der Waals surface area contributed by atoms with E-state index in [0.717, 1.165) is 5.56 Å². The maximum atomic E-state index is 12.4. The van der Waals surface area contributed by atoms with E-state index in [1.165, 1.54) is 25.0 Å². The first-order valence-corrected chi connectivity index (χ1v) is 8.41. The highest BCUT2D eigenvalue weighted by Crippen LogP contribution is 2.34. The smallest absolute Gasteiger partial charge is 0.312 e. The number of aryl methyl sites for hydroxylation is 1. The number of ether oxygens (including phenoxy) is 2. The lowest BCUT2D eigenvalue weighted by Gasteiger charge is -2.20. The van der Waals surface area contributed by atoms with Gasteiger partial charge in [0.25, 0.3) is 5.91 Å². The van der Waals surface area contributed by atoms with Gasteiger partial charge in [-0.3, -0.25) is 14.4 Å². The number of amides is 2. The Morgan fingerprint density at radius 3 is 2.85 bits per heavy atom. The van der Waals surface area contributed by atoms with Crippen molar-refractivity contribution in [1.29, 1.82) is 0 Å². The van der Waals surface area contributed by atoms with Crippen molar-refractivity contribution in [3.05, 3.63) is 36.4 Å². The molecule has 0 bridgehead atoms. The van der Waals surface area contributed by atoms with Gasteiger partial charge in [-0.2, -0.15) is 0 Å². The fourth-order valence-corrected chi connectivity index (χ4v) is 2.75. The van der Waals surface area contributed by atoms with Crippen LogP contribution in [0.15, 0.2) is 30.9 Å². The van der Waals surface area contributed by atoms with Crippen LogP contribution in [0.4, 0.5) is 5.69 Å². The molecule has 26 heavy (non-hydrogen) atoms. The minimum absolute atomic E-state index is 0.0386. The summed E-state index contributed by atoms with van der Waals surface area (Å²) in [4.78, 5) is 38.1. The lowest BCUT2D eigenvalue weighted by atomic mass is 10.1. The average molecular weight is 360 g/mol. The van der Waals surface area contributed by atoms with Crippen LogP contribution in [0.1, 0.15) is 18.9 Å². The van der Waals surface area contributed by atoms with E-state index in [1.807, 2.05) is 19.1 Å². The first-order chi connectivity index (χ1) is 12.4. The molecule has 140 valence electrons. The van der Waals surface area contributed by atoms with Crippen molar-refractivity contribution >= 4 is 23.5 Å². The van der Waals surface area contributed by atoms with Crippen molar-refractivity contribution in [3.8, 4) is 5.75 Å². The van der Waals surface area contributed by atoms with E-state index in [-0.39, 0.29) is 18.9 Å². The summed E-state index contributed by atoms with van der Waals surface area (Å²) in [5, 5.41) is 2.56. The molecular formula is C19H24N2O5. The first kappa shape index (κ1) is 19.5. The van der Waals surface area contributed by atoms with E-state index in [2.05, 4.69) is 11.9 Å². The van der Waals surface area contributed by atoms with E-state index < -0.39 is 23.9 Å². The molecule has 1 aromatic rings. The molecule has 0 spiro atoms. The first-order valence-electron chi connectivity index (χ1n) is 8.41. The Morgan fingerprint density at radius 2 is 2.19 bits per heavy atom. The summed E-state index contributed by atoms with van der Waals surface area (Å²) >= 11 is 0. The Balaban J connectivity index is 2.05. The highest BCUT2D eigenvalue weighted by molar-refractivity contribution is 6.00. The summed E-state index contributed by atoms with van der Waals surface area (Å²) in [5.41, 5.74) is 1.61. The maximum Gasteiger partial charge on any atom is 0.312 e. The minimum Gasteiger partial charge on any atom is -0.495 e. The molecule has 1 aliphatic heterocycles. The van der Waals surface area contributed by atoms with Gasteiger partial charge in [-0.15, -0.1) is 6.58 Å². The highest BCUT2D eigenvalue weighted by atomic mass is 16.5. The lowest BCUT2D eigenvalue weighted by molar-refractivity contribution is -0.158. The van der Waals surface area contributed by atoms with Crippen molar-refractivity contribution in [2.45, 2.75) is 26.4 Å². The van der Waals surface area contributed by atoms with E-state index in [4.69, 9.17) is 9.47 Å². The van der Waals surface area contributed by atoms with Gasteiger partial charge in [-0.1, -0.05) is 12.1 Å². The number of nitrogens with one attached hydrogen (secondary N) is 1. The SMILES string of the molecule is C=CCNC(=O)[C@@H](C)OC(=O)[C@H]1CC(=O)N(c2cc(C)ccc2OC)C1. The molecule has 1 saturated heterocycles. The zero-order chi connectivity index (χ0) is 19.3. The van der Waals surface area contributed by atoms with Crippen LogP contribution in [0.25, 0.3) is 0 Å².